The van der Waals surface area contributed by atoms with Crippen molar-refractivity contribution in [3.8, 4) is 0 Å². The molecule has 1 amide bonds. The third-order valence-electron chi connectivity index (χ3n) is 2.88. The van der Waals surface area contributed by atoms with E-state index in [1.54, 1.807) is 17.0 Å². The van der Waals surface area contributed by atoms with Crippen LogP contribution >= 0.6 is 15.9 Å². The molecule has 1 aromatic rings. The predicted molar refractivity (Wildman–Crippen MR) is 70.0 cm³/mol. The van der Waals surface area contributed by atoms with Gasteiger partial charge in [0.25, 0.3) is 5.91 Å². The molecule has 0 saturated carbocycles. The average molecular weight is 316 g/mol. The highest BCUT2D eigenvalue weighted by atomic mass is 79.9. The fourth-order valence-corrected chi connectivity index (χ4v) is 2.72. The van der Waals surface area contributed by atoms with E-state index in [1.807, 2.05) is 13.8 Å². The summed E-state index contributed by atoms with van der Waals surface area (Å²) in [7, 11) is 0. The van der Waals surface area contributed by atoms with Crippen LogP contribution in [0.4, 0.5) is 4.39 Å². The van der Waals surface area contributed by atoms with Crippen LogP contribution in [0.5, 0.6) is 0 Å². The molecular formula is C13H15BrFNO2. The summed E-state index contributed by atoms with van der Waals surface area (Å²) in [5.74, 6) is -0.789. The van der Waals surface area contributed by atoms with Crippen LogP contribution in [0.15, 0.2) is 22.7 Å². The van der Waals surface area contributed by atoms with E-state index in [-0.39, 0.29) is 23.7 Å². The van der Waals surface area contributed by atoms with Crippen molar-refractivity contribution >= 4 is 21.8 Å². The molecule has 5 heteroatoms. The maximum atomic E-state index is 13.7. The smallest absolute Gasteiger partial charge is 0.258 e. The molecule has 1 saturated heterocycles. The normalized spacial score (nSPS) is 24.1. The van der Waals surface area contributed by atoms with Gasteiger partial charge in [-0.15, -0.1) is 0 Å². The molecule has 1 fully saturated rings. The Labute approximate surface area is 114 Å². The monoisotopic (exact) mass is 315 g/mol. The van der Waals surface area contributed by atoms with Gasteiger partial charge < -0.3 is 9.64 Å². The highest BCUT2D eigenvalue weighted by Gasteiger charge is 2.29. The molecule has 1 aliphatic heterocycles. The molecule has 0 aromatic heterocycles. The first-order valence-corrected chi connectivity index (χ1v) is 6.67. The Morgan fingerprint density at radius 1 is 1.39 bits per heavy atom. The number of hydrogen-bond acceptors (Lipinski definition) is 2. The van der Waals surface area contributed by atoms with Crippen molar-refractivity contribution in [3.63, 3.8) is 0 Å². The number of halogens is 2. The molecule has 0 spiro atoms. The molecule has 1 heterocycles. The van der Waals surface area contributed by atoms with Crippen molar-refractivity contribution in [2.24, 2.45) is 0 Å². The van der Waals surface area contributed by atoms with E-state index >= 15 is 0 Å². The van der Waals surface area contributed by atoms with Gasteiger partial charge in [-0.25, -0.2) is 4.39 Å². The lowest BCUT2D eigenvalue weighted by atomic mass is 10.1. The zero-order valence-corrected chi connectivity index (χ0v) is 11.9. The number of carbonyl (C=O) groups excluding carboxylic acids is 1. The molecule has 2 unspecified atom stereocenters. The number of amides is 1. The van der Waals surface area contributed by atoms with E-state index in [2.05, 4.69) is 15.9 Å². The van der Waals surface area contributed by atoms with Gasteiger partial charge >= 0.3 is 0 Å². The Morgan fingerprint density at radius 3 is 2.56 bits per heavy atom. The molecular weight excluding hydrogens is 301 g/mol. The third-order valence-corrected chi connectivity index (χ3v) is 3.54. The fourth-order valence-electron chi connectivity index (χ4n) is 2.20. The number of morpholine rings is 1. The predicted octanol–water partition coefficient (Wildman–Crippen LogP) is 2.84. The molecule has 2 atom stereocenters. The number of nitrogens with zero attached hydrogens (tertiary/aromatic N) is 1. The second-order valence-corrected chi connectivity index (χ2v) is 5.42. The lowest BCUT2D eigenvalue weighted by Crippen LogP contribution is -2.48. The Morgan fingerprint density at radius 2 is 2.00 bits per heavy atom. The maximum absolute atomic E-state index is 13.7. The fraction of sp³-hybridized carbons (Fsp3) is 0.462. The number of ether oxygens (including phenoxy) is 1. The molecule has 0 aliphatic carbocycles. The number of rotatable bonds is 1. The van der Waals surface area contributed by atoms with Gasteiger partial charge in [0.2, 0.25) is 0 Å². The Kier molecular flexibility index (Phi) is 4.02. The molecule has 0 radical (unpaired) electrons. The van der Waals surface area contributed by atoms with Gasteiger partial charge in [0, 0.05) is 17.6 Å². The molecule has 0 bridgehead atoms. The highest BCUT2D eigenvalue weighted by Crippen LogP contribution is 2.23. The van der Waals surface area contributed by atoms with Gasteiger partial charge in [0.1, 0.15) is 5.82 Å². The van der Waals surface area contributed by atoms with Crippen molar-refractivity contribution in [1.82, 2.24) is 4.90 Å². The van der Waals surface area contributed by atoms with E-state index in [4.69, 9.17) is 4.74 Å². The topological polar surface area (TPSA) is 29.5 Å². The standard InChI is InChI=1S/C13H15BrFNO2/c1-8-6-16(7-9(2)18-8)13(17)12-10(14)4-3-5-11(12)15/h3-5,8-9H,6-7H2,1-2H3. The van der Waals surface area contributed by atoms with Gasteiger partial charge in [0.05, 0.1) is 17.8 Å². The van der Waals surface area contributed by atoms with Gasteiger partial charge in [-0.2, -0.15) is 0 Å². The van der Waals surface area contributed by atoms with Crippen LogP contribution in [0.25, 0.3) is 0 Å². The molecule has 18 heavy (non-hydrogen) atoms. The van der Waals surface area contributed by atoms with Crippen LogP contribution in [0.3, 0.4) is 0 Å². The minimum absolute atomic E-state index is 0.0248. The summed E-state index contributed by atoms with van der Waals surface area (Å²) in [4.78, 5) is 14.0. The Balaban J connectivity index is 2.26. The van der Waals surface area contributed by atoms with Crippen LogP contribution in [0, 0.1) is 5.82 Å². The SMILES string of the molecule is CC1CN(C(=O)c2c(F)cccc2Br)CC(C)O1. The Bertz CT molecular complexity index is 436. The van der Waals surface area contributed by atoms with Crippen molar-refractivity contribution in [1.29, 1.82) is 0 Å². The summed E-state index contributed by atoms with van der Waals surface area (Å²) < 4.78 is 19.8. The van der Waals surface area contributed by atoms with Crippen molar-refractivity contribution in [3.05, 3.63) is 34.1 Å². The van der Waals surface area contributed by atoms with Gasteiger partial charge in [-0.05, 0) is 41.9 Å². The first-order valence-electron chi connectivity index (χ1n) is 5.87. The molecule has 1 aliphatic rings. The number of hydrogen-bond donors (Lipinski definition) is 0. The van der Waals surface area contributed by atoms with Gasteiger partial charge in [-0.3, -0.25) is 4.79 Å². The second-order valence-electron chi connectivity index (χ2n) is 4.56. The quantitative estimate of drug-likeness (QED) is 0.797. The summed E-state index contributed by atoms with van der Waals surface area (Å²) in [5.41, 5.74) is 0.0961. The minimum Gasteiger partial charge on any atom is -0.372 e. The lowest BCUT2D eigenvalue weighted by Gasteiger charge is -2.35. The first kappa shape index (κ1) is 13.5. The first-order chi connectivity index (χ1) is 8.49. The molecule has 98 valence electrons. The zero-order chi connectivity index (χ0) is 13.3. The van der Waals surface area contributed by atoms with E-state index < -0.39 is 5.82 Å². The summed E-state index contributed by atoms with van der Waals surface area (Å²) in [6.07, 6.45) is -0.0495. The van der Waals surface area contributed by atoms with E-state index in [0.717, 1.165) is 0 Å². The van der Waals surface area contributed by atoms with Crippen molar-refractivity contribution < 1.29 is 13.9 Å². The lowest BCUT2D eigenvalue weighted by molar-refractivity contribution is -0.0587. The third kappa shape index (κ3) is 2.72. The van der Waals surface area contributed by atoms with Crippen LogP contribution in [0.1, 0.15) is 24.2 Å². The van der Waals surface area contributed by atoms with Gasteiger partial charge in [0.15, 0.2) is 0 Å². The molecule has 0 N–H and O–H groups in total. The van der Waals surface area contributed by atoms with Crippen LogP contribution in [0.2, 0.25) is 0 Å². The summed E-state index contributed by atoms with van der Waals surface area (Å²) in [6, 6.07) is 4.54. The second kappa shape index (κ2) is 5.36. The van der Waals surface area contributed by atoms with Crippen LogP contribution in [-0.2, 0) is 4.74 Å². The average Bonchev–Trinajstić information content (AvgIpc) is 2.27. The molecule has 3 nitrogen and oxygen atoms in total. The van der Waals surface area contributed by atoms with E-state index in [1.165, 1.54) is 6.07 Å². The molecule has 2 rings (SSSR count). The molecule has 1 aromatic carbocycles. The largest absolute Gasteiger partial charge is 0.372 e. The summed E-state index contributed by atoms with van der Waals surface area (Å²) in [6.45, 7) is 4.80. The summed E-state index contributed by atoms with van der Waals surface area (Å²) >= 11 is 3.23. The van der Waals surface area contributed by atoms with Crippen molar-refractivity contribution in [2.45, 2.75) is 26.1 Å². The number of carbonyl (C=O) groups is 1. The number of benzene rings is 1. The maximum Gasteiger partial charge on any atom is 0.258 e. The van der Waals surface area contributed by atoms with Crippen LogP contribution < -0.4 is 0 Å². The van der Waals surface area contributed by atoms with Crippen LogP contribution in [-0.4, -0.2) is 36.1 Å². The van der Waals surface area contributed by atoms with E-state index in [0.29, 0.717) is 17.6 Å². The van der Waals surface area contributed by atoms with E-state index in [9.17, 15) is 9.18 Å². The zero-order valence-electron chi connectivity index (χ0n) is 10.3. The minimum atomic E-state index is -0.499. The summed E-state index contributed by atoms with van der Waals surface area (Å²) in [5, 5.41) is 0. The highest BCUT2D eigenvalue weighted by molar-refractivity contribution is 9.10. The van der Waals surface area contributed by atoms with Gasteiger partial charge in [-0.1, -0.05) is 6.07 Å². The van der Waals surface area contributed by atoms with Crippen molar-refractivity contribution in [2.75, 3.05) is 13.1 Å². The Hall–Kier alpha value is -0.940.